The van der Waals surface area contributed by atoms with Crippen LogP contribution in [0, 0.1) is 10.1 Å². The Bertz CT molecular complexity index is 917. The molecule has 0 saturated carbocycles. The fraction of sp³-hybridized carbons (Fsp3) is 0.300. The summed E-state index contributed by atoms with van der Waals surface area (Å²) in [6.07, 6.45) is -0.624. The molecule has 160 valence electrons. The van der Waals surface area contributed by atoms with Gasteiger partial charge in [0.25, 0.3) is 5.69 Å². The van der Waals surface area contributed by atoms with Crippen molar-refractivity contribution in [3.63, 3.8) is 0 Å². The van der Waals surface area contributed by atoms with Gasteiger partial charge in [-0.2, -0.15) is 0 Å². The Hall–Kier alpha value is -3.34. The Morgan fingerprint density at radius 3 is 2.33 bits per heavy atom. The smallest absolute Gasteiger partial charge is 0.327 e. The average Bonchev–Trinajstić information content (AvgIpc) is 3.13. The number of amides is 1. The molecule has 0 radical (unpaired) electrons. The van der Waals surface area contributed by atoms with E-state index in [9.17, 15) is 24.8 Å². The summed E-state index contributed by atoms with van der Waals surface area (Å²) < 4.78 is 0. The molecule has 1 aliphatic heterocycles. The van der Waals surface area contributed by atoms with E-state index in [1.807, 2.05) is 12.1 Å². The van der Waals surface area contributed by atoms with Crippen molar-refractivity contribution in [3.8, 4) is 0 Å². The first-order chi connectivity index (χ1) is 14.2. The Labute approximate surface area is 172 Å². The number of nitro groups is 1. The van der Waals surface area contributed by atoms with Gasteiger partial charge >= 0.3 is 5.97 Å². The fourth-order valence-corrected chi connectivity index (χ4v) is 3.11. The monoisotopic (exact) mass is 417 g/mol. The minimum atomic E-state index is -1.02. The predicted octanol–water partition coefficient (Wildman–Crippen LogP) is 0.997. The number of carboxylic acid groups (broad SMARTS) is 1. The van der Waals surface area contributed by atoms with Crippen molar-refractivity contribution >= 4 is 23.3 Å². The summed E-state index contributed by atoms with van der Waals surface area (Å²) >= 11 is 0. The molecule has 0 saturated heterocycles. The Kier molecular flexibility index (Phi) is 7.59. The molecule has 0 unspecified atom stereocenters. The largest absolute Gasteiger partial charge is 0.480 e. The van der Waals surface area contributed by atoms with Crippen molar-refractivity contribution < 1.29 is 29.8 Å². The third kappa shape index (κ3) is 5.17. The van der Waals surface area contributed by atoms with E-state index in [0.717, 1.165) is 11.3 Å². The summed E-state index contributed by atoms with van der Waals surface area (Å²) in [4.78, 5) is 33.5. The van der Waals surface area contributed by atoms with Crippen molar-refractivity contribution in [2.45, 2.75) is 31.5 Å². The van der Waals surface area contributed by atoms with E-state index in [2.05, 4.69) is 0 Å². The second kappa shape index (κ2) is 9.92. The standard InChI is InChI=1S/C11H11NO3.C9H12N2O4/c1-7(13)12-9-5-3-2-4-8(9)6-10(12)11(14)15;10-8(5-12)9(13)6-1-3-7(4-2-6)11(14)15/h2-5,10H,6H2,1H3,(H,14,15);1-4,8-9,12-13H,5,10H2/t10-;8-,9-/m01/s1. The van der Waals surface area contributed by atoms with E-state index < -0.39 is 29.1 Å². The lowest BCUT2D eigenvalue weighted by molar-refractivity contribution is -0.384. The zero-order valence-electron chi connectivity index (χ0n) is 16.2. The maximum atomic E-state index is 11.4. The van der Waals surface area contributed by atoms with Gasteiger partial charge in [-0.05, 0) is 29.3 Å². The van der Waals surface area contributed by atoms with Crippen molar-refractivity contribution in [3.05, 3.63) is 69.8 Å². The molecule has 30 heavy (non-hydrogen) atoms. The number of benzene rings is 2. The van der Waals surface area contributed by atoms with Crippen molar-refractivity contribution in [2.24, 2.45) is 5.73 Å². The molecule has 10 nitrogen and oxygen atoms in total. The summed E-state index contributed by atoms with van der Waals surface area (Å²) in [6, 6.07) is 11.1. The number of nitro benzene ring substituents is 1. The molecule has 0 aliphatic carbocycles. The molecule has 2 aromatic rings. The molecule has 1 amide bonds. The van der Waals surface area contributed by atoms with Gasteiger partial charge in [-0.3, -0.25) is 19.8 Å². The quantitative estimate of drug-likeness (QED) is 0.413. The van der Waals surface area contributed by atoms with Crippen molar-refractivity contribution in [1.29, 1.82) is 0 Å². The molecule has 2 aromatic carbocycles. The molecule has 0 fully saturated rings. The van der Waals surface area contributed by atoms with Crippen LogP contribution in [0.25, 0.3) is 0 Å². The highest BCUT2D eigenvalue weighted by atomic mass is 16.6. The van der Waals surface area contributed by atoms with Crippen LogP contribution < -0.4 is 10.6 Å². The number of non-ortho nitro benzene ring substituents is 1. The number of aliphatic carboxylic acids is 1. The topological polar surface area (TPSA) is 167 Å². The number of hydrogen-bond donors (Lipinski definition) is 4. The average molecular weight is 417 g/mol. The van der Waals surface area contributed by atoms with Crippen LogP contribution in [0.3, 0.4) is 0 Å². The zero-order chi connectivity index (χ0) is 22.4. The maximum absolute atomic E-state index is 11.4. The summed E-state index contributed by atoms with van der Waals surface area (Å²) in [6.45, 7) is 1.04. The van der Waals surface area contributed by atoms with Gasteiger partial charge in [-0.25, -0.2) is 4.79 Å². The molecule has 3 atom stereocenters. The second-order valence-electron chi connectivity index (χ2n) is 6.72. The number of rotatable bonds is 5. The molecule has 0 bridgehead atoms. The number of fused-ring (bicyclic) bond motifs is 1. The van der Waals surface area contributed by atoms with Gasteiger partial charge in [0, 0.05) is 31.2 Å². The number of nitrogens with zero attached hydrogens (tertiary/aromatic N) is 2. The van der Waals surface area contributed by atoms with Crippen LogP contribution in [-0.2, 0) is 16.0 Å². The van der Waals surface area contributed by atoms with Gasteiger partial charge in [0.05, 0.1) is 23.7 Å². The van der Waals surface area contributed by atoms with Gasteiger partial charge in [0.15, 0.2) is 0 Å². The molecule has 0 spiro atoms. The Morgan fingerprint density at radius 1 is 1.23 bits per heavy atom. The van der Waals surface area contributed by atoms with Gasteiger partial charge in [0.1, 0.15) is 6.04 Å². The molecule has 1 heterocycles. The lowest BCUT2D eigenvalue weighted by Gasteiger charge is -2.20. The highest BCUT2D eigenvalue weighted by Crippen LogP contribution is 2.32. The fourth-order valence-electron chi connectivity index (χ4n) is 3.11. The molecule has 5 N–H and O–H groups in total. The van der Waals surface area contributed by atoms with E-state index in [1.165, 1.54) is 36.1 Å². The van der Waals surface area contributed by atoms with Crippen LogP contribution >= 0.6 is 0 Å². The summed E-state index contributed by atoms with van der Waals surface area (Å²) in [7, 11) is 0. The normalized spacial score (nSPS) is 16.7. The minimum Gasteiger partial charge on any atom is -0.480 e. The number of anilines is 1. The maximum Gasteiger partial charge on any atom is 0.327 e. The van der Waals surface area contributed by atoms with Crippen LogP contribution in [0.2, 0.25) is 0 Å². The summed E-state index contributed by atoms with van der Waals surface area (Å²) in [5, 5.41) is 37.6. The van der Waals surface area contributed by atoms with Crippen LogP contribution in [0.5, 0.6) is 0 Å². The zero-order valence-corrected chi connectivity index (χ0v) is 16.2. The van der Waals surface area contributed by atoms with Crippen LogP contribution in [-0.4, -0.2) is 50.8 Å². The third-order valence-electron chi connectivity index (χ3n) is 4.66. The Morgan fingerprint density at radius 2 is 1.83 bits per heavy atom. The summed E-state index contributed by atoms with van der Waals surface area (Å²) in [5.74, 6) is -1.19. The Balaban J connectivity index is 0.000000214. The molecule has 1 aliphatic rings. The van der Waals surface area contributed by atoms with E-state index in [4.69, 9.17) is 15.9 Å². The second-order valence-corrected chi connectivity index (χ2v) is 6.72. The third-order valence-corrected chi connectivity index (χ3v) is 4.66. The lowest BCUT2D eigenvalue weighted by atomic mass is 10.0. The van der Waals surface area contributed by atoms with E-state index in [0.29, 0.717) is 12.0 Å². The number of aliphatic hydroxyl groups excluding tert-OH is 2. The number of para-hydroxylation sites is 1. The van der Waals surface area contributed by atoms with Crippen LogP contribution in [0.4, 0.5) is 11.4 Å². The highest BCUT2D eigenvalue weighted by Gasteiger charge is 2.36. The number of aliphatic hydroxyl groups is 2. The number of carbonyl (C=O) groups is 2. The first kappa shape index (κ1) is 22.9. The van der Waals surface area contributed by atoms with Gasteiger partial charge in [-0.1, -0.05) is 18.2 Å². The van der Waals surface area contributed by atoms with Crippen LogP contribution in [0.15, 0.2) is 48.5 Å². The van der Waals surface area contributed by atoms with Crippen LogP contribution in [0.1, 0.15) is 24.2 Å². The van der Waals surface area contributed by atoms with E-state index in [-0.39, 0.29) is 18.2 Å². The molecule has 0 aromatic heterocycles. The SMILES string of the molecule is CC(=O)N1c2ccccc2C[C@H]1C(=O)O.N[C@H](CO)[C@H](O)c1ccc([N+](=O)[O-])cc1. The molecular formula is C20H23N3O7. The summed E-state index contributed by atoms with van der Waals surface area (Å²) in [5.41, 5.74) is 7.44. The van der Waals surface area contributed by atoms with Gasteiger partial charge in [0.2, 0.25) is 5.91 Å². The minimum absolute atomic E-state index is 0.0523. The number of hydrogen-bond acceptors (Lipinski definition) is 7. The highest BCUT2D eigenvalue weighted by molar-refractivity contribution is 6.00. The molecule has 3 rings (SSSR count). The van der Waals surface area contributed by atoms with Crippen molar-refractivity contribution in [2.75, 3.05) is 11.5 Å². The lowest BCUT2D eigenvalue weighted by Crippen LogP contribution is -2.41. The van der Waals surface area contributed by atoms with E-state index >= 15 is 0 Å². The number of carboxylic acids is 1. The van der Waals surface area contributed by atoms with Crippen molar-refractivity contribution in [1.82, 2.24) is 0 Å². The predicted molar refractivity (Wildman–Crippen MR) is 108 cm³/mol. The molecular weight excluding hydrogens is 394 g/mol. The molecule has 10 heteroatoms. The number of nitrogens with two attached hydrogens (primary N) is 1. The van der Waals surface area contributed by atoms with E-state index in [1.54, 1.807) is 12.1 Å². The van der Waals surface area contributed by atoms with Gasteiger partial charge in [-0.15, -0.1) is 0 Å². The first-order valence-electron chi connectivity index (χ1n) is 9.06. The van der Waals surface area contributed by atoms with Gasteiger partial charge < -0.3 is 21.1 Å². The number of carbonyl (C=O) groups excluding carboxylic acids is 1. The first-order valence-corrected chi connectivity index (χ1v) is 9.06.